The van der Waals surface area contributed by atoms with Gasteiger partial charge in [-0.05, 0) is 68.1 Å². The minimum absolute atomic E-state index is 0.130. The van der Waals surface area contributed by atoms with Crippen LogP contribution in [0.3, 0.4) is 0 Å². The lowest BCUT2D eigenvalue weighted by Gasteiger charge is -2.37. The number of piperazine rings is 1. The number of nitrogens with one attached hydrogen (secondary N) is 1. The van der Waals surface area contributed by atoms with Crippen LogP contribution in [0.1, 0.15) is 41.3 Å². The second-order valence-corrected chi connectivity index (χ2v) is 11.1. The van der Waals surface area contributed by atoms with E-state index in [1.807, 2.05) is 49.4 Å². The number of rotatable bonds is 7. The quantitative estimate of drug-likeness (QED) is 0.329. The number of benzene rings is 2. The first-order valence-electron chi connectivity index (χ1n) is 14.6. The molecule has 216 valence electrons. The van der Waals surface area contributed by atoms with Crippen LogP contribution in [0.25, 0.3) is 11.3 Å². The van der Waals surface area contributed by atoms with E-state index in [0.29, 0.717) is 18.2 Å². The van der Waals surface area contributed by atoms with Gasteiger partial charge >= 0.3 is 0 Å². The number of halogens is 1. The first-order chi connectivity index (χ1) is 20.4. The third-order valence-electron chi connectivity index (χ3n) is 8.16. The first-order valence-corrected chi connectivity index (χ1v) is 14.6. The Balaban J connectivity index is 1.15. The highest BCUT2D eigenvalue weighted by molar-refractivity contribution is 5.94. The Morgan fingerprint density at radius 3 is 2.38 bits per heavy atom. The highest BCUT2D eigenvalue weighted by Gasteiger charge is 2.26. The molecule has 2 aromatic heterocycles. The SMILES string of the molecule is Cc1cc(C(=O)NCc2ccccc2)cnc1N1CCN(c2cc(-c3ccc(F)cc3)nc(N3CCCC3C)n2)CC1. The molecule has 0 saturated carbocycles. The summed E-state index contributed by atoms with van der Waals surface area (Å²) in [6.45, 7) is 8.74. The molecule has 0 bridgehead atoms. The summed E-state index contributed by atoms with van der Waals surface area (Å²) >= 11 is 0. The average molecular weight is 566 g/mol. The standard InChI is InChI=1S/C33H36FN7O/c1-23-19-27(32(42)36-21-25-8-4-3-5-9-25)22-35-31(23)40-17-15-39(16-18-40)30-20-29(26-10-12-28(34)13-11-26)37-33(38-30)41-14-6-7-24(41)2/h3-5,8-13,19-20,22,24H,6-7,14-18,21H2,1-2H3,(H,36,42). The fraction of sp³-hybridized carbons (Fsp3) is 0.333. The van der Waals surface area contributed by atoms with E-state index in [2.05, 4.69) is 26.9 Å². The lowest BCUT2D eigenvalue weighted by Crippen LogP contribution is -2.47. The smallest absolute Gasteiger partial charge is 0.253 e. The van der Waals surface area contributed by atoms with Crippen molar-refractivity contribution in [1.29, 1.82) is 0 Å². The number of carbonyl (C=O) groups is 1. The summed E-state index contributed by atoms with van der Waals surface area (Å²) in [5.41, 5.74) is 4.26. The van der Waals surface area contributed by atoms with Crippen LogP contribution in [0.15, 0.2) is 72.9 Å². The third-order valence-corrected chi connectivity index (χ3v) is 8.16. The topological polar surface area (TPSA) is 77.5 Å². The number of nitrogens with zero attached hydrogens (tertiary/aromatic N) is 6. The van der Waals surface area contributed by atoms with Gasteiger partial charge in [0.15, 0.2) is 0 Å². The van der Waals surface area contributed by atoms with Crippen molar-refractivity contribution in [3.05, 3.63) is 95.4 Å². The number of pyridine rings is 1. The van der Waals surface area contributed by atoms with E-state index in [1.165, 1.54) is 12.1 Å². The molecule has 6 rings (SSSR count). The van der Waals surface area contributed by atoms with Crippen molar-refractivity contribution in [2.75, 3.05) is 47.4 Å². The van der Waals surface area contributed by atoms with E-state index in [0.717, 1.165) is 85.5 Å². The summed E-state index contributed by atoms with van der Waals surface area (Å²) in [6.07, 6.45) is 3.91. The molecule has 2 aliphatic heterocycles. The number of hydrogen-bond donors (Lipinski definition) is 1. The minimum atomic E-state index is -0.262. The van der Waals surface area contributed by atoms with E-state index in [4.69, 9.17) is 15.0 Å². The van der Waals surface area contributed by atoms with Gasteiger partial charge in [0.05, 0.1) is 11.3 Å². The van der Waals surface area contributed by atoms with Crippen molar-refractivity contribution in [3.8, 4) is 11.3 Å². The zero-order valence-electron chi connectivity index (χ0n) is 24.1. The normalized spacial score (nSPS) is 17.0. The Kier molecular flexibility index (Phi) is 7.99. The Morgan fingerprint density at radius 1 is 0.952 bits per heavy atom. The molecule has 2 saturated heterocycles. The fourth-order valence-electron chi connectivity index (χ4n) is 5.76. The summed E-state index contributed by atoms with van der Waals surface area (Å²) in [6, 6.07) is 20.7. The summed E-state index contributed by atoms with van der Waals surface area (Å²) in [7, 11) is 0. The number of aromatic nitrogens is 3. The molecule has 2 aliphatic rings. The highest BCUT2D eigenvalue weighted by atomic mass is 19.1. The number of amides is 1. The van der Waals surface area contributed by atoms with Gasteiger partial charge in [-0.1, -0.05) is 30.3 Å². The molecule has 9 heteroatoms. The molecule has 1 N–H and O–H groups in total. The van der Waals surface area contributed by atoms with Gasteiger partial charge in [0.25, 0.3) is 5.91 Å². The Morgan fingerprint density at radius 2 is 1.69 bits per heavy atom. The molecule has 42 heavy (non-hydrogen) atoms. The van der Waals surface area contributed by atoms with Crippen molar-refractivity contribution in [2.24, 2.45) is 0 Å². The summed E-state index contributed by atoms with van der Waals surface area (Å²) < 4.78 is 13.6. The zero-order chi connectivity index (χ0) is 29.1. The van der Waals surface area contributed by atoms with Crippen molar-refractivity contribution in [3.63, 3.8) is 0 Å². The molecular formula is C33H36FN7O. The zero-order valence-corrected chi connectivity index (χ0v) is 24.1. The van der Waals surface area contributed by atoms with Crippen LogP contribution in [-0.4, -0.2) is 59.6 Å². The van der Waals surface area contributed by atoms with E-state index in [-0.39, 0.29) is 11.7 Å². The fourth-order valence-corrected chi connectivity index (χ4v) is 5.76. The van der Waals surface area contributed by atoms with Crippen molar-refractivity contribution < 1.29 is 9.18 Å². The molecule has 8 nitrogen and oxygen atoms in total. The number of aryl methyl sites for hydroxylation is 1. The number of anilines is 3. The van der Waals surface area contributed by atoms with Crippen molar-refractivity contribution >= 4 is 23.5 Å². The highest BCUT2D eigenvalue weighted by Crippen LogP contribution is 2.30. The first kappa shape index (κ1) is 27.6. The van der Waals surface area contributed by atoms with Gasteiger partial charge in [0.2, 0.25) is 5.95 Å². The second-order valence-electron chi connectivity index (χ2n) is 11.1. The van der Waals surface area contributed by atoms with E-state index in [9.17, 15) is 9.18 Å². The van der Waals surface area contributed by atoms with Crippen LogP contribution in [0.4, 0.5) is 22.0 Å². The Bertz CT molecular complexity index is 1540. The lowest BCUT2D eigenvalue weighted by molar-refractivity contribution is 0.0950. The molecule has 2 aromatic carbocycles. The maximum absolute atomic E-state index is 13.6. The number of carbonyl (C=O) groups excluding carboxylic acids is 1. The monoisotopic (exact) mass is 565 g/mol. The molecule has 1 atom stereocenters. The van der Waals surface area contributed by atoms with Crippen LogP contribution >= 0.6 is 0 Å². The molecule has 1 unspecified atom stereocenters. The maximum atomic E-state index is 13.6. The van der Waals surface area contributed by atoms with Crippen LogP contribution < -0.4 is 20.0 Å². The van der Waals surface area contributed by atoms with Crippen LogP contribution in [0.5, 0.6) is 0 Å². The number of hydrogen-bond acceptors (Lipinski definition) is 7. The van der Waals surface area contributed by atoms with Gasteiger partial charge in [0, 0.05) is 63.1 Å². The molecule has 2 fully saturated rings. The van der Waals surface area contributed by atoms with Crippen LogP contribution in [0, 0.1) is 12.7 Å². The van der Waals surface area contributed by atoms with Gasteiger partial charge in [-0.2, -0.15) is 4.98 Å². The van der Waals surface area contributed by atoms with Gasteiger partial charge in [-0.15, -0.1) is 0 Å². The van der Waals surface area contributed by atoms with E-state index < -0.39 is 0 Å². The van der Waals surface area contributed by atoms with E-state index in [1.54, 1.807) is 18.3 Å². The summed E-state index contributed by atoms with van der Waals surface area (Å²) in [5, 5.41) is 2.98. The molecule has 4 heterocycles. The molecular weight excluding hydrogens is 529 g/mol. The van der Waals surface area contributed by atoms with Crippen LogP contribution in [-0.2, 0) is 6.54 Å². The molecule has 0 radical (unpaired) electrons. The van der Waals surface area contributed by atoms with Gasteiger partial charge in [-0.3, -0.25) is 4.79 Å². The van der Waals surface area contributed by atoms with Gasteiger partial charge in [0.1, 0.15) is 17.5 Å². The Hall–Kier alpha value is -4.53. The largest absolute Gasteiger partial charge is 0.353 e. The predicted molar refractivity (Wildman–Crippen MR) is 164 cm³/mol. The van der Waals surface area contributed by atoms with Crippen LogP contribution in [0.2, 0.25) is 0 Å². The maximum Gasteiger partial charge on any atom is 0.253 e. The molecule has 1 amide bonds. The lowest BCUT2D eigenvalue weighted by atomic mass is 10.1. The molecule has 0 aliphatic carbocycles. The summed E-state index contributed by atoms with van der Waals surface area (Å²) in [5.74, 6) is 2.12. The molecule has 0 spiro atoms. The van der Waals surface area contributed by atoms with Crippen molar-refractivity contribution in [2.45, 2.75) is 39.3 Å². The summed E-state index contributed by atoms with van der Waals surface area (Å²) in [4.78, 5) is 34.2. The predicted octanol–water partition coefficient (Wildman–Crippen LogP) is 5.23. The second kappa shape index (κ2) is 12.1. The van der Waals surface area contributed by atoms with Gasteiger partial charge < -0.3 is 20.0 Å². The third kappa shape index (κ3) is 6.05. The van der Waals surface area contributed by atoms with Gasteiger partial charge in [-0.25, -0.2) is 14.4 Å². The molecule has 4 aromatic rings. The van der Waals surface area contributed by atoms with Crippen molar-refractivity contribution in [1.82, 2.24) is 20.3 Å². The average Bonchev–Trinajstić information content (AvgIpc) is 3.46. The minimum Gasteiger partial charge on any atom is -0.353 e. The Labute approximate surface area is 246 Å². The van der Waals surface area contributed by atoms with E-state index >= 15 is 0 Å².